The lowest BCUT2D eigenvalue weighted by atomic mass is 10.1. The Kier molecular flexibility index (Phi) is 6.75. The Morgan fingerprint density at radius 1 is 1.12 bits per heavy atom. The molecule has 2 unspecified atom stereocenters. The average Bonchev–Trinajstić information content (AvgIpc) is 3.35. The topological polar surface area (TPSA) is 173 Å². The molecule has 33 heavy (non-hydrogen) atoms. The number of aliphatic hydroxyl groups is 2. The summed E-state index contributed by atoms with van der Waals surface area (Å²) in [5.41, 5.74) is -0.489. The SMILES string of the molecule is O=c1ccn([C@@H]2O[C@H](COP(=O)(O)O)C(O)C2O)c(=O)n1Cc1cnc(-c2ccccc2)s1. The molecule has 12 nitrogen and oxygen atoms in total. The molecule has 3 aromatic rings. The molecular formula is C19H20N3O9PS. The number of hydrogen-bond donors (Lipinski definition) is 4. The van der Waals surface area contributed by atoms with E-state index in [1.54, 1.807) is 6.20 Å². The first kappa shape index (κ1) is 23.7. The molecule has 1 aliphatic rings. The maximum atomic E-state index is 13.0. The van der Waals surface area contributed by atoms with Gasteiger partial charge in [0.1, 0.15) is 23.3 Å². The first-order chi connectivity index (χ1) is 15.6. The molecule has 1 saturated heterocycles. The number of nitrogens with zero attached hydrogens (tertiary/aromatic N) is 3. The molecule has 1 fully saturated rings. The van der Waals surface area contributed by atoms with E-state index in [2.05, 4.69) is 9.51 Å². The van der Waals surface area contributed by atoms with Crippen molar-refractivity contribution in [3.8, 4) is 10.6 Å². The van der Waals surface area contributed by atoms with Crippen molar-refractivity contribution in [3.05, 3.63) is 74.5 Å². The van der Waals surface area contributed by atoms with Crippen LogP contribution in [0.3, 0.4) is 0 Å². The number of phosphoric ester groups is 1. The summed E-state index contributed by atoms with van der Waals surface area (Å²) in [5.74, 6) is 0. The van der Waals surface area contributed by atoms with Crippen molar-refractivity contribution >= 4 is 19.2 Å². The molecule has 0 amide bonds. The highest BCUT2D eigenvalue weighted by Gasteiger charge is 2.45. The fraction of sp³-hybridized carbons (Fsp3) is 0.316. The molecule has 0 aliphatic carbocycles. The van der Waals surface area contributed by atoms with E-state index in [-0.39, 0.29) is 6.54 Å². The first-order valence-electron chi connectivity index (χ1n) is 9.68. The Bertz CT molecular complexity index is 1290. The number of ether oxygens (including phenoxy) is 1. The van der Waals surface area contributed by atoms with E-state index >= 15 is 0 Å². The second kappa shape index (κ2) is 9.41. The number of aliphatic hydroxyl groups excluding tert-OH is 2. The van der Waals surface area contributed by atoms with Crippen LogP contribution in [0.1, 0.15) is 11.1 Å². The molecule has 1 aliphatic heterocycles. The van der Waals surface area contributed by atoms with Gasteiger partial charge < -0.3 is 24.7 Å². The van der Waals surface area contributed by atoms with Gasteiger partial charge in [0, 0.05) is 28.9 Å². The van der Waals surface area contributed by atoms with Crippen LogP contribution in [0.15, 0.2) is 58.4 Å². The minimum Gasteiger partial charge on any atom is -0.387 e. The van der Waals surface area contributed by atoms with E-state index < -0.39 is 50.2 Å². The van der Waals surface area contributed by atoms with Gasteiger partial charge in [0.15, 0.2) is 6.23 Å². The second-order valence-corrected chi connectivity index (χ2v) is 9.61. The fourth-order valence-corrected chi connectivity index (χ4v) is 4.64. The predicted octanol–water partition coefficient (Wildman–Crippen LogP) is -0.0897. The molecule has 0 radical (unpaired) electrons. The summed E-state index contributed by atoms with van der Waals surface area (Å²) in [7, 11) is -4.83. The quantitative estimate of drug-likeness (QED) is 0.323. The summed E-state index contributed by atoms with van der Waals surface area (Å²) in [4.78, 5) is 48.0. The largest absolute Gasteiger partial charge is 0.469 e. The normalized spacial score (nSPS) is 23.2. The maximum Gasteiger partial charge on any atom is 0.469 e. The predicted molar refractivity (Wildman–Crippen MR) is 116 cm³/mol. The number of hydrogen-bond acceptors (Lipinski definition) is 9. The molecule has 0 bridgehead atoms. The highest BCUT2D eigenvalue weighted by Crippen LogP contribution is 2.38. The van der Waals surface area contributed by atoms with Crippen LogP contribution in [-0.2, 0) is 20.4 Å². The molecule has 2 aromatic heterocycles. The summed E-state index contributed by atoms with van der Waals surface area (Å²) in [6.45, 7) is -0.782. The summed E-state index contributed by atoms with van der Waals surface area (Å²) in [6.07, 6.45) is -3.20. The number of thiazole rings is 1. The maximum absolute atomic E-state index is 13.0. The molecule has 0 saturated carbocycles. The highest BCUT2D eigenvalue weighted by atomic mass is 32.1. The molecule has 3 heterocycles. The molecule has 14 heteroatoms. The van der Waals surface area contributed by atoms with E-state index in [1.165, 1.54) is 11.3 Å². The van der Waals surface area contributed by atoms with E-state index in [4.69, 9.17) is 14.5 Å². The van der Waals surface area contributed by atoms with E-state index in [0.29, 0.717) is 4.88 Å². The van der Waals surface area contributed by atoms with Crippen LogP contribution in [0.2, 0.25) is 0 Å². The van der Waals surface area contributed by atoms with Crippen LogP contribution in [0, 0.1) is 0 Å². The van der Waals surface area contributed by atoms with Gasteiger partial charge in [-0.2, -0.15) is 0 Å². The molecule has 1 aromatic carbocycles. The molecule has 4 N–H and O–H groups in total. The van der Waals surface area contributed by atoms with Crippen LogP contribution < -0.4 is 11.2 Å². The van der Waals surface area contributed by atoms with Crippen LogP contribution in [0.25, 0.3) is 10.6 Å². The lowest BCUT2D eigenvalue weighted by Gasteiger charge is -2.18. The third-order valence-electron chi connectivity index (χ3n) is 5.00. The van der Waals surface area contributed by atoms with Gasteiger partial charge in [-0.3, -0.25) is 18.5 Å². The number of rotatable bonds is 7. The van der Waals surface area contributed by atoms with Crippen molar-refractivity contribution in [3.63, 3.8) is 0 Å². The Hall–Kier alpha value is -2.48. The van der Waals surface area contributed by atoms with Gasteiger partial charge in [0.25, 0.3) is 5.56 Å². The zero-order chi connectivity index (χ0) is 23.8. The smallest absolute Gasteiger partial charge is 0.387 e. The van der Waals surface area contributed by atoms with Gasteiger partial charge in [-0.15, -0.1) is 11.3 Å². The Morgan fingerprint density at radius 2 is 1.85 bits per heavy atom. The van der Waals surface area contributed by atoms with Gasteiger partial charge in [0.2, 0.25) is 0 Å². The fourth-order valence-electron chi connectivity index (χ4n) is 3.39. The van der Waals surface area contributed by atoms with Gasteiger partial charge >= 0.3 is 13.5 Å². The van der Waals surface area contributed by atoms with E-state index in [1.807, 2.05) is 30.3 Å². The van der Waals surface area contributed by atoms with Gasteiger partial charge in [-0.1, -0.05) is 30.3 Å². The highest BCUT2D eigenvalue weighted by molar-refractivity contribution is 7.46. The summed E-state index contributed by atoms with van der Waals surface area (Å²) in [5, 5.41) is 21.2. The first-order valence-corrected chi connectivity index (χ1v) is 12.0. The second-order valence-electron chi connectivity index (χ2n) is 7.26. The molecule has 4 atom stereocenters. The lowest BCUT2D eigenvalue weighted by molar-refractivity contribution is -0.0548. The average molecular weight is 497 g/mol. The third-order valence-corrected chi connectivity index (χ3v) is 6.52. The molecular weight excluding hydrogens is 477 g/mol. The van der Waals surface area contributed by atoms with Crippen molar-refractivity contribution in [2.24, 2.45) is 0 Å². The third kappa shape index (κ3) is 5.21. The Morgan fingerprint density at radius 3 is 2.55 bits per heavy atom. The Labute approximate surface area is 190 Å². The molecule has 0 spiro atoms. The van der Waals surface area contributed by atoms with Gasteiger partial charge in [-0.25, -0.2) is 14.3 Å². The number of aromatic nitrogens is 3. The Balaban J connectivity index is 1.58. The summed E-state index contributed by atoms with van der Waals surface area (Å²) in [6, 6.07) is 10.5. The zero-order valence-electron chi connectivity index (χ0n) is 16.9. The van der Waals surface area contributed by atoms with Crippen molar-refractivity contribution < 1.29 is 33.8 Å². The van der Waals surface area contributed by atoms with Crippen LogP contribution >= 0.6 is 19.2 Å². The van der Waals surface area contributed by atoms with E-state index in [9.17, 15) is 24.4 Å². The van der Waals surface area contributed by atoms with Crippen molar-refractivity contribution in [2.45, 2.75) is 31.1 Å². The van der Waals surface area contributed by atoms with Crippen LogP contribution in [0.4, 0.5) is 0 Å². The van der Waals surface area contributed by atoms with Gasteiger partial charge in [0.05, 0.1) is 13.2 Å². The number of phosphoric acid groups is 1. The summed E-state index contributed by atoms with van der Waals surface area (Å²) < 4.78 is 22.5. The van der Waals surface area contributed by atoms with Crippen molar-refractivity contribution in [1.82, 2.24) is 14.1 Å². The standard InChI is InChI=1S/C19H20N3O9PS/c23-14-6-7-21(18-16(25)15(24)13(31-18)10-30-32(27,28)29)19(26)22(14)9-12-8-20-17(33-12)11-4-2-1-3-5-11/h1-8,13,15-16,18,24-25H,9-10H2,(H2,27,28,29)/t13-,15?,16?,18-/m1/s1. The monoisotopic (exact) mass is 497 g/mol. The number of benzene rings is 1. The molecule has 4 rings (SSSR count). The van der Waals surface area contributed by atoms with Crippen LogP contribution in [-0.4, -0.2) is 59.0 Å². The van der Waals surface area contributed by atoms with E-state index in [0.717, 1.165) is 32.0 Å². The van der Waals surface area contributed by atoms with Crippen molar-refractivity contribution in [2.75, 3.05) is 6.61 Å². The molecule has 176 valence electrons. The van der Waals surface area contributed by atoms with Crippen LogP contribution in [0.5, 0.6) is 0 Å². The summed E-state index contributed by atoms with van der Waals surface area (Å²) >= 11 is 1.32. The van der Waals surface area contributed by atoms with Crippen molar-refractivity contribution in [1.29, 1.82) is 0 Å². The zero-order valence-corrected chi connectivity index (χ0v) is 18.6. The lowest BCUT2D eigenvalue weighted by Crippen LogP contribution is -2.43. The minimum atomic E-state index is -4.83. The minimum absolute atomic E-state index is 0.0703. The van der Waals surface area contributed by atoms with Gasteiger partial charge in [-0.05, 0) is 0 Å².